The summed E-state index contributed by atoms with van der Waals surface area (Å²) in [5, 5.41) is 10.3. The number of carbonyl (C=O) groups is 3. The van der Waals surface area contributed by atoms with Crippen LogP contribution in [0.2, 0.25) is 0 Å². The zero-order valence-electron chi connectivity index (χ0n) is 27.1. The fraction of sp³-hybridized carbons (Fsp3) is 0.514. The molecule has 0 heterocycles. The Balaban J connectivity index is 2.35. The van der Waals surface area contributed by atoms with Gasteiger partial charge in [-0.2, -0.15) is 0 Å². The van der Waals surface area contributed by atoms with Crippen molar-refractivity contribution in [2.24, 2.45) is 23.7 Å². The number of hydrogen-bond donors (Lipinski definition) is 1. The molecular weight excluding hydrogens is 564 g/mol. The number of ether oxygens (including phenoxy) is 5. The SMILES string of the molecule is COCCCOc1cc(C[C@@H](CC(C(=O)O)=C(C[C@H](C(=O)OCc2ccccc2)C(C)C)OC(C)=O)C(C)C)ccc1OC. The monoisotopic (exact) mass is 612 g/mol. The molecule has 2 atom stereocenters. The number of rotatable bonds is 19. The summed E-state index contributed by atoms with van der Waals surface area (Å²) in [5.41, 5.74) is 1.77. The Bertz CT molecular complexity index is 1230. The highest BCUT2D eigenvalue weighted by molar-refractivity contribution is 5.88. The molecule has 0 bridgehead atoms. The molecule has 0 saturated carbocycles. The third-order valence-electron chi connectivity index (χ3n) is 7.48. The molecule has 9 heteroatoms. The topological polar surface area (TPSA) is 118 Å². The van der Waals surface area contributed by atoms with Crippen molar-refractivity contribution in [2.75, 3.05) is 27.4 Å². The van der Waals surface area contributed by atoms with Crippen molar-refractivity contribution in [3.63, 3.8) is 0 Å². The molecule has 1 N–H and O–H groups in total. The number of benzene rings is 2. The zero-order chi connectivity index (χ0) is 32.6. The lowest BCUT2D eigenvalue weighted by molar-refractivity contribution is -0.152. The van der Waals surface area contributed by atoms with Gasteiger partial charge in [0.1, 0.15) is 12.4 Å². The van der Waals surface area contributed by atoms with Gasteiger partial charge in [0.05, 0.1) is 25.2 Å². The van der Waals surface area contributed by atoms with E-state index in [2.05, 4.69) is 0 Å². The maximum atomic E-state index is 13.2. The van der Waals surface area contributed by atoms with Gasteiger partial charge in [-0.05, 0) is 53.9 Å². The molecule has 44 heavy (non-hydrogen) atoms. The van der Waals surface area contributed by atoms with Crippen molar-refractivity contribution in [3.8, 4) is 11.5 Å². The third kappa shape index (κ3) is 12.0. The zero-order valence-corrected chi connectivity index (χ0v) is 27.1. The van der Waals surface area contributed by atoms with Crippen molar-refractivity contribution < 1.29 is 43.2 Å². The molecule has 0 spiro atoms. The molecule has 0 aromatic heterocycles. The van der Waals surface area contributed by atoms with Crippen LogP contribution in [0.4, 0.5) is 0 Å². The molecule has 0 aliphatic carbocycles. The lowest BCUT2D eigenvalue weighted by Gasteiger charge is -2.25. The lowest BCUT2D eigenvalue weighted by Crippen LogP contribution is -2.26. The summed E-state index contributed by atoms with van der Waals surface area (Å²) in [6, 6.07) is 15.0. The van der Waals surface area contributed by atoms with Crippen molar-refractivity contribution in [1.82, 2.24) is 0 Å². The number of carboxylic acid groups (broad SMARTS) is 1. The second kappa shape index (κ2) is 18.7. The number of esters is 2. The standard InChI is InChI=1S/C35H48O9/c1-23(2)28(18-27-14-15-31(41-7)33(19-27)42-17-11-16-40-6)20-30(34(37)38)32(44-25(5)36)21-29(24(3)4)35(39)43-22-26-12-9-8-10-13-26/h8-10,12-15,19,23-24,28-29H,11,16-18,20-22H2,1-7H3,(H,37,38)/t28-,29-/m0/s1. The summed E-state index contributed by atoms with van der Waals surface area (Å²) < 4.78 is 27.6. The van der Waals surface area contributed by atoms with E-state index in [1.54, 1.807) is 14.2 Å². The van der Waals surface area contributed by atoms with Crippen LogP contribution in [0, 0.1) is 23.7 Å². The summed E-state index contributed by atoms with van der Waals surface area (Å²) in [4.78, 5) is 38.0. The minimum atomic E-state index is -1.19. The number of aliphatic carboxylic acids is 1. The van der Waals surface area contributed by atoms with Crippen LogP contribution in [0.3, 0.4) is 0 Å². The van der Waals surface area contributed by atoms with E-state index in [1.165, 1.54) is 6.92 Å². The number of methoxy groups -OCH3 is 2. The smallest absolute Gasteiger partial charge is 0.335 e. The van der Waals surface area contributed by atoms with Crippen LogP contribution in [0.15, 0.2) is 59.9 Å². The van der Waals surface area contributed by atoms with Crippen LogP contribution < -0.4 is 9.47 Å². The normalized spacial score (nSPS) is 13.2. The fourth-order valence-corrected chi connectivity index (χ4v) is 4.80. The molecule has 0 fully saturated rings. The molecule has 0 aliphatic rings. The Labute approximate surface area is 261 Å². The van der Waals surface area contributed by atoms with Gasteiger partial charge in [-0.1, -0.05) is 64.1 Å². The van der Waals surface area contributed by atoms with Crippen molar-refractivity contribution in [1.29, 1.82) is 0 Å². The van der Waals surface area contributed by atoms with Gasteiger partial charge in [0.15, 0.2) is 11.5 Å². The van der Waals surface area contributed by atoms with Gasteiger partial charge in [0.25, 0.3) is 0 Å². The van der Waals surface area contributed by atoms with Crippen LogP contribution >= 0.6 is 0 Å². The first-order chi connectivity index (χ1) is 21.0. The summed E-state index contributed by atoms with van der Waals surface area (Å²) in [6.07, 6.45) is 1.34. The molecule has 2 rings (SSSR count). The Kier molecular flexibility index (Phi) is 15.5. The summed E-state index contributed by atoms with van der Waals surface area (Å²) in [5.74, 6) is -2.05. The van der Waals surface area contributed by atoms with E-state index in [0.29, 0.717) is 31.1 Å². The Hall–Kier alpha value is -3.85. The molecule has 242 valence electrons. The Morgan fingerprint density at radius 2 is 1.55 bits per heavy atom. The predicted molar refractivity (Wildman–Crippen MR) is 167 cm³/mol. The lowest BCUT2D eigenvalue weighted by atomic mass is 9.82. The minimum absolute atomic E-state index is 0.0112. The number of allylic oxidation sites excluding steroid dienone is 1. The number of carbonyl (C=O) groups excluding carboxylic acids is 2. The van der Waals surface area contributed by atoms with Gasteiger partial charge in [0.2, 0.25) is 0 Å². The first-order valence-corrected chi connectivity index (χ1v) is 15.1. The van der Waals surface area contributed by atoms with Crippen LogP contribution in [-0.2, 0) is 41.6 Å². The number of hydrogen-bond acceptors (Lipinski definition) is 8. The molecule has 2 aromatic carbocycles. The molecule has 0 amide bonds. The quantitative estimate of drug-likeness (QED) is 0.0808. The predicted octanol–water partition coefficient (Wildman–Crippen LogP) is 6.62. The summed E-state index contributed by atoms with van der Waals surface area (Å²) >= 11 is 0. The number of carboxylic acids is 1. The van der Waals surface area contributed by atoms with Gasteiger partial charge in [-0.15, -0.1) is 0 Å². The molecule has 0 aliphatic heterocycles. The summed E-state index contributed by atoms with van der Waals surface area (Å²) in [6.45, 7) is 10.1. The highest BCUT2D eigenvalue weighted by Gasteiger charge is 2.31. The van der Waals surface area contributed by atoms with Crippen LogP contribution in [0.1, 0.15) is 65.0 Å². The summed E-state index contributed by atoms with van der Waals surface area (Å²) in [7, 11) is 3.22. The second-order valence-electron chi connectivity index (χ2n) is 11.5. The van der Waals surface area contributed by atoms with E-state index in [1.807, 2.05) is 76.2 Å². The highest BCUT2D eigenvalue weighted by atomic mass is 16.5. The first-order valence-electron chi connectivity index (χ1n) is 15.1. The highest BCUT2D eigenvalue weighted by Crippen LogP contribution is 2.34. The molecular formula is C35H48O9. The second-order valence-corrected chi connectivity index (χ2v) is 11.5. The van der Waals surface area contributed by atoms with Crippen LogP contribution in [0.25, 0.3) is 0 Å². The van der Waals surface area contributed by atoms with E-state index in [9.17, 15) is 19.5 Å². The van der Waals surface area contributed by atoms with Crippen molar-refractivity contribution in [3.05, 3.63) is 71.0 Å². The van der Waals surface area contributed by atoms with E-state index in [-0.39, 0.29) is 48.5 Å². The third-order valence-corrected chi connectivity index (χ3v) is 7.48. The van der Waals surface area contributed by atoms with Crippen molar-refractivity contribution >= 4 is 17.9 Å². The van der Waals surface area contributed by atoms with Crippen LogP contribution in [0.5, 0.6) is 11.5 Å². The molecule has 2 aromatic rings. The largest absolute Gasteiger partial charge is 0.493 e. The van der Waals surface area contributed by atoms with E-state index in [0.717, 1.165) is 17.5 Å². The minimum Gasteiger partial charge on any atom is -0.493 e. The van der Waals surface area contributed by atoms with E-state index >= 15 is 0 Å². The van der Waals surface area contributed by atoms with Gasteiger partial charge < -0.3 is 28.8 Å². The first kappa shape index (κ1) is 36.3. The molecule has 0 saturated heterocycles. The van der Waals surface area contributed by atoms with Gasteiger partial charge >= 0.3 is 17.9 Å². The maximum Gasteiger partial charge on any atom is 0.335 e. The van der Waals surface area contributed by atoms with Gasteiger partial charge in [0, 0.05) is 33.5 Å². The molecule has 0 unspecified atom stereocenters. The maximum absolute atomic E-state index is 13.2. The fourth-order valence-electron chi connectivity index (χ4n) is 4.80. The van der Waals surface area contributed by atoms with Crippen molar-refractivity contribution in [2.45, 2.75) is 66.9 Å². The van der Waals surface area contributed by atoms with Crippen LogP contribution in [-0.4, -0.2) is 50.4 Å². The Morgan fingerprint density at radius 3 is 2.11 bits per heavy atom. The van der Waals surface area contributed by atoms with Gasteiger partial charge in [-0.25, -0.2) is 4.79 Å². The van der Waals surface area contributed by atoms with Gasteiger partial charge in [-0.3, -0.25) is 9.59 Å². The Morgan fingerprint density at radius 1 is 0.841 bits per heavy atom. The van der Waals surface area contributed by atoms with E-state index in [4.69, 9.17) is 23.7 Å². The molecule has 9 nitrogen and oxygen atoms in total. The van der Waals surface area contributed by atoms with E-state index < -0.39 is 23.8 Å². The average molecular weight is 613 g/mol. The average Bonchev–Trinajstić information content (AvgIpc) is 2.98. The molecule has 0 radical (unpaired) electrons.